The first-order valence-corrected chi connectivity index (χ1v) is 15.0. The van der Waals surface area contributed by atoms with Crippen LogP contribution < -0.4 is 5.32 Å². The molecule has 9 nitrogen and oxygen atoms in total. The Morgan fingerprint density at radius 2 is 1.60 bits per heavy atom. The molecular weight excluding hydrogens is 566 g/mol. The quantitative estimate of drug-likeness (QED) is 0.144. The molecule has 0 spiro atoms. The summed E-state index contributed by atoms with van der Waals surface area (Å²) in [4.78, 5) is 31.4. The summed E-state index contributed by atoms with van der Waals surface area (Å²) in [5.74, 6) is -0.632. The van der Waals surface area contributed by atoms with Gasteiger partial charge in [-0.2, -0.15) is 0 Å². The fraction of sp³-hybridized carbons (Fsp3) is 0.273. The topological polar surface area (TPSA) is 131 Å². The van der Waals surface area contributed by atoms with E-state index in [0.29, 0.717) is 23.9 Å². The largest absolute Gasteiger partial charge is 0.481 e. The van der Waals surface area contributed by atoms with E-state index in [0.717, 1.165) is 33.4 Å². The number of hydrogen-bond donors (Lipinski definition) is 3. The van der Waals surface area contributed by atoms with Crippen LogP contribution in [0.3, 0.4) is 0 Å². The number of thioether (sulfide) groups is 1. The van der Waals surface area contributed by atoms with Crippen molar-refractivity contribution in [3.8, 4) is 11.1 Å². The highest BCUT2D eigenvalue weighted by Crippen LogP contribution is 2.40. The lowest BCUT2D eigenvalue weighted by atomic mass is 9.99. The fourth-order valence-electron chi connectivity index (χ4n) is 4.79. The molecule has 43 heavy (non-hydrogen) atoms. The van der Waals surface area contributed by atoms with Crippen LogP contribution in [0.15, 0.2) is 96.4 Å². The number of hydrogen-bond acceptors (Lipinski definition) is 8. The van der Waals surface area contributed by atoms with Crippen LogP contribution in [-0.2, 0) is 32.2 Å². The Kier molecular flexibility index (Phi) is 10.5. The predicted octanol–water partition coefficient (Wildman–Crippen LogP) is 5.45. The summed E-state index contributed by atoms with van der Waals surface area (Å²) < 4.78 is 13.0. The van der Waals surface area contributed by atoms with E-state index < -0.39 is 12.3 Å². The van der Waals surface area contributed by atoms with E-state index in [2.05, 4.69) is 21.4 Å². The molecular formula is C33H33N3O6S. The number of carbonyl (C=O) groups excluding carboxylic acids is 1. The van der Waals surface area contributed by atoms with Crippen LogP contribution in [0.4, 0.5) is 0 Å². The third kappa shape index (κ3) is 8.71. The highest BCUT2D eigenvalue weighted by molar-refractivity contribution is 7.99. The first-order chi connectivity index (χ1) is 21.0. The lowest BCUT2D eigenvalue weighted by Crippen LogP contribution is -2.31. The van der Waals surface area contributed by atoms with Crippen molar-refractivity contribution in [2.45, 2.75) is 56.1 Å². The van der Waals surface area contributed by atoms with E-state index in [4.69, 9.17) is 14.6 Å². The van der Waals surface area contributed by atoms with Gasteiger partial charge in [0.15, 0.2) is 11.4 Å². The van der Waals surface area contributed by atoms with Crippen molar-refractivity contribution < 1.29 is 29.3 Å². The minimum atomic E-state index is -0.996. The number of carboxylic acids is 1. The number of amides is 1. The van der Waals surface area contributed by atoms with Gasteiger partial charge in [0, 0.05) is 43.1 Å². The molecule has 10 heteroatoms. The number of aliphatic hydroxyl groups excluding tert-OH is 1. The van der Waals surface area contributed by atoms with Gasteiger partial charge in [-0.05, 0) is 46.0 Å². The minimum absolute atomic E-state index is 0.0149. The summed E-state index contributed by atoms with van der Waals surface area (Å²) in [6.45, 7) is 0.293. The smallest absolute Gasteiger partial charge is 0.303 e. The van der Waals surface area contributed by atoms with E-state index >= 15 is 0 Å². The summed E-state index contributed by atoms with van der Waals surface area (Å²) in [6.07, 6.45) is 2.94. The van der Waals surface area contributed by atoms with Crippen LogP contribution in [0.1, 0.15) is 53.9 Å². The second-order valence-corrected chi connectivity index (χ2v) is 11.2. The average molecular weight is 600 g/mol. The number of aliphatic carboxylic acids is 1. The van der Waals surface area contributed by atoms with E-state index in [1.165, 1.54) is 0 Å². The normalized spacial score (nSPS) is 18.2. The van der Waals surface area contributed by atoms with Gasteiger partial charge in [-0.25, -0.2) is 9.97 Å². The first-order valence-electron chi connectivity index (χ1n) is 14.0. The zero-order valence-corrected chi connectivity index (χ0v) is 24.3. The molecule has 1 fully saturated rings. The maximum Gasteiger partial charge on any atom is 0.303 e. The van der Waals surface area contributed by atoms with Crippen molar-refractivity contribution in [2.24, 2.45) is 0 Å². The van der Waals surface area contributed by atoms with Crippen molar-refractivity contribution in [3.63, 3.8) is 0 Å². The number of ether oxygens (including phenoxy) is 2. The maximum absolute atomic E-state index is 12.0. The summed E-state index contributed by atoms with van der Waals surface area (Å²) in [7, 11) is 0. The molecule has 3 aromatic carbocycles. The van der Waals surface area contributed by atoms with Gasteiger partial charge in [0.05, 0.1) is 25.2 Å². The van der Waals surface area contributed by atoms with E-state index in [-0.39, 0.29) is 37.6 Å². The van der Waals surface area contributed by atoms with Crippen molar-refractivity contribution in [3.05, 3.63) is 114 Å². The zero-order chi connectivity index (χ0) is 30.0. The van der Waals surface area contributed by atoms with Crippen LogP contribution in [0, 0.1) is 0 Å². The van der Waals surface area contributed by atoms with Crippen LogP contribution in [0.2, 0.25) is 0 Å². The molecule has 222 valence electrons. The van der Waals surface area contributed by atoms with E-state index in [9.17, 15) is 14.7 Å². The lowest BCUT2D eigenvalue weighted by Gasteiger charge is -2.36. The number of nitrogens with one attached hydrogen (secondary N) is 1. The number of benzene rings is 3. The fourth-order valence-corrected chi connectivity index (χ4v) is 5.61. The SMILES string of the molecule is O=C(O)CCC(=O)NCc1cccc(-c2cccc([C@@H]3O[C@H](CSc4ncccn4)C[C@H](c4ccc(CO)cc4)O3)c2)c1. The Hall–Kier alpha value is -4.09. The summed E-state index contributed by atoms with van der Waals surface area (Å²) >= 11 is 1.55. The Morgan fingerprint density at radius 1 is 0.860 bits per heavy atom. The highest BCUT2D eigenvalue weighted by Gasteiger charge is 2.32. The van der Waals surface area contributed by atoms with Crippen LogP contribution in [-0.4, -0.2) is 43.9 Å². The number of nitrogens with zero attached hydrogens (tertiary/aromatic N) is 2. The second-order valence-electron chi connectivity index (χ2n) is 10.2. The first kappa shape index (κ1) is 30.4. The third-order valence-corrected chi connectivity index (χ3v) is 8.04. The molecule has 0 unspecified atom stereocenters. The molecule has 1 amide bonds. The van der Waals surface area contributed by atoms with Gasteiger partial charge in [-0.1, -0.05) is 72.4 Å². The van der Waals surface area contributed by atoms with Gasteiger partial charge in [0.1, 0.15) is 0 Å². The minimum Gasteiger partial charge on any atom is -0.481 e. The molecule has 3 atom stereocenters. The van der Waals surface area contributed by atoms with E-state index in [1.807, 2.05) is 66.7 Å². The van der Waals surface area contributed by atoms with Gasteiger partial charge in [-0.3, -0.25) is 9.59 Å². The number of aliphatic hydroxyl groups is 1. The molecule has 5 rings (SSSR count). The maximum atomic E-state index is 12.0. The van der Waals surface area contributed by atoms with Crippen molar-refractivity contribution in [2.75, 3.05) is 5.75 Å². The van der Waals surface area contributed by atoms with E-state index in [1.54, 1.807) is 30.2 Å². The molecule has 0 radical (unpaired) electrons. The molecule has 4 aromatic rings. The summed E-state index contributed by atoms with van der Waals surface area (Å²) in [6, 6.07) is 25.5. The average Bonchev–Trinajstić information content (AvgIpc) is 3.06. The van der Waals surface area contributed by atoms with Crippen LogP contribution in [0.5, 0.6) is 0 Å². The van der Waals surface area contributed by atoms with Crippen LogP contribution in [0.25, 0.3) is 11.1 Å². The van der Waals surface area contributed by atoms with Gasteiger partial charge < -0.3 is 25.0 Å². The predicted molar refractivity (Wildman–Crippen MR) is 162 cm³/mol. The molecule has 1 saturated heterocycles. The molecule has 2 heterocycles. The number of aromatic nitrogens is 2. The number of rotatable bonds is 12. The van der Waals surface area contributed by atoms with Crippen molar-refractivity contribution in [1.82, 2.24) is 15.3 Å². The molecule has 3 N–H and O–H groups in total. The molecule has 0 aliphatic carbocycles. The molecule has 1 aliphatic heterocycles. The van der Waals surface area contributed by atoms with Crippen molar-refractivity contribution >= 4 is 23.6 Å². The molecule has 0 bridgehead atoms. The summed E-state index contributed by atoms with van der Waals surface area (Å²) in [5, 5.41) is 21.7. The van der Waals surface area contributed by atoms with Gasteiger partial charge >= 0.3 is 5.97 Å². The van der Waals surface area contributed by atoms with Crippen LogP contribution >= 0.6 is 11.8 Å². The molecule has 1 aliphatic rings. The van der Waals surface area contributed by atoms with Crippen molar-refractivity contribution in [1.29, 1.82) is 0 Å². The summed E-state index contributed by atoms with van der Waals surface area (Å²) in [5.41, 5.74) is 5.60. The zero-order valence-electron chi connectivity index (χ0n) is 23.5. The van der Waals surface area contributed by atoms with Gasteiger partial charge in [0.25, 0.3) is 0 Å². The number of carbonyl (C=O) groups is 2. The molecule has 1 aromatic heterocycles. The Labute approximate surface area is 254 Å². The molecule has 0 saturated carbocycles. The standard InChI is InChI=1S/C33H33N3O6S/c37-20-22-8-10-24(11-9-22)29-18-28(21-43-33-34-14-3-15-35-33)41-32(42-29)27-7-2-6-26(17-27)25-5-1-4-23(16-25)19-36-30(38)12-13-31(39)40/h1-11,14-17,28-29,32,37H,12-13,18-21H2,(H,36,38)(H,39,40)/t28-,29+,32+/m0/s1. The third-order valence-electron chi connectivity index (χ3n) is 7.03. The Balaban J connectivity index is 1.32. The van der Waals surface area contributed by atoms with Gasteiger partial charge in [0.2, 0.25) is 5.91 Å². The monoisotopic (exact) mass is 599 g/mol. The Morgan fingerprint density at radius 3 is 2.35 bits per heavy atom. The Bertz CT molecular complexity index is 1520. The lowest BCUT2D eigenvalue weighted by molar-refractivity contribution is -0.245. The number of carboxylic acid groups (broad SMARTS) is 1. The second kappa shape index (κ2) is 14.9. The highest BCUT2D eigenvalue weighted by atomic mass is 32.2. The van der Waals surface area contributed by atoms with Gasteiger partial charge in [-0.15, -0.1) is 0 Å².